The second-order valence-corrected chi connectivity index (χ2v) is 22.6. The first-order valence-corrected chi connectivity index (χ1v) is 28.0. The zero-order valence-electron chi connectivity index (χ0n) is 45.3. The van der Waals surface area contributed by atoms with Crippen LogP contribution >= 0.6 is 11.6 Å². The van der Waals surface area contributed by atoms with Crippen LogP contribution in [0.15, 0.2) is 53.3 Å². The summed E-state index contributed by atoms with van der Waals surface area (Å²) >= 11 is 6.35. The molecule has 414 valence electrons. The van der Waals surface area contributed by atoms with Crippen LogP contribution in [-0.4, -0.2) is 152 Å². The Morgan fingerprint density at radius 3 is 2.38 bits per heavy atom. The highest BCUT2D eigenvalue weighted by molar-refractivity contribution is 6.32. The Morgan fingerprint density at radius 1 is 0.924 bits per heavy atom. The Bertz CT molecular complexity index is 3340. The molecule has 0 bridgehead atoms. The maximum atomic E-state index is 14.1. The third-order valence-corrected chi connectivity index (χ3v) is 17.9. The number of rotatable bonds is 10. The van der Waals surface area contributed by atoms with E-state index in [1.165, 1.54) is 0 Å². The first-order chi connectivity index (χ1) is 38.0. The lowest BCUT2D eigenvalue weighted by molar-refractivity contribution is -0.172. The zero-order valence-corrected chi connectivity index (χ0v) is 46.1. The average molecular weight is 1100 g/mol. The minimum atomic E-state index is -1.95. The number of cyclic esters (lactones) is 1. The van der Waals surface area contributed by atoms with Gasteiger partial charge in [-0.25, -0.2) is 14.6 Å². The van der Waals surface area contributed by atoms with Crippen molar-refractivity contribution in [1.29, 1.82) is 5.26 Å². The number of aromatic nitrogens is 4. The summed E-state index contributed by atoms with van der Waals surface area (Å²) in [6.07, 6.45) is 3.91. The number of likely N-dealkylation sites (N-methyl/N-ethyl adjacent to an activating group) is 1. The first-order valence-electron chi connectivity index (χ1n) is 27.6. The average Bonchev–Trinajstić information content (AvgIpc) is 4.12. The standard InChI is InChI=1S/C58H66ClN11O9/c1-6-58(76)44-26-47-52-38(30-70(47)55(73)43(44)32-77-56(58)74)25-41-42(49(15-12-45(41)62-52)79-57(75)69-29-33(2)65(5)28-34(69)3)31-66-21-23-68(24-22-66)54(72)36-17-19-67(20-18-36)50-16-13-46(63-64-50)53(71)61-39-8-10-40(11-9-39)78-48-14-7-37(27-60)51(59)35(48)4/h7,12-16,25-26,33-34,36,39-40,76H,6,8-11,17-24,28-32H2,1-5H3,(H,61,71)/t33-,34+,39?,40?,58-/m0/s1. The van der Waals surface area contributed by atoms with Crippen molar-refractivity contribution in [2.45, 2.75) is 122 Å². The second-order valence-electron chi connectivity index (χ2n) is 22.2. The number of anilines is 1. The lowest BCUT2D eigenvalue weighted by Gasteiger charge is -2.41. The van der Waals surface area contributed by atoms with Crippen LogP contribution in [0.2, 0.25) is 5.02 Å². The summed E-state index contributed by atoms with van der Waals surface area (Å²) in [5.74, 6) is 0.677. The van der Waals surface area contributed by atoms with Gasteiger partial charge in [0.1, 0.15) is 24.2 Å². The topological polar surface area (TPSA) is 229 Å². The Balaban J connectivity index is 0.716. The van der Waals surface area contributed by atoms with Crippen molar-refractivity contribution in [2.75, 3.05) is 64.3 Å². The number of pyridine rings is 2. The largest absolute Gasteiger partial charge is 0.490 e. The molecule has 11 rings (SSSR count). The van der Waals surface area contributed by atoms with Crippen molar-refractivity contribution in [3.05, 3.63) is 103 Å². The van der Waals surface area contributed by atoms with E-state index in [4.69, 9.17) is 30.8 Å². The first kappa shape index (κ1) is 53.8. The van der Waals surface area contributed by atoms with Crippen LogP contribution in [0.5, 0.6) is 11.5 Å². The van der Waals surface area contributed by atoms with Crippen LogP contribution in [0.3, 0.4) is 0 Å². The fraction of sp³-hybridized carbons (Fsp3) is 0.500. The van der Waals surface area contributed by atoms with Crippen molar-refractivity contribution in [2.24, 2.45) is 5.92 Å². The number of nitrogens with zero attached hydrogens (tertiary/aromatic N) is 10. The predicted molar refractivity (Wildman–Crippen MR) is 293 cm³/mol. The number of ether oxygens (including phenoxy) is 3. The summed E-state index contributed by atoms with van der Waals surface area (Å²) in [5.41, 5.74) is 2.87. The van der Waals surface area contributed by atoms with Crippen LogP contribution in [0.25, 0.3) is 22.3 Å². The van der Waals surface area contributed by atoms with Gasteiger partial charge in [-0.3, -0.25) is 24.2 Å². The third kappa shape index (κ3) is 10.3. The molecule has 3 saturated heterocycles. The number of amides is 3. The van der Waals surface area contributed by atoms with Crippen LogP contribution in [0.4, 0.5) is 10.6 Å². The molecule has 0 unspecified atom stereocenters. The van der Waals surface area contributed by atoms with E-state index in [9.17, 15) is 34.3 Å². The molecule has 8 heterocycles. The molecule has 1 aliphatic carbocycles. The molecule has 0 spiro atoms. The Morgan fingerprint density at radius 2 is 1.67 bits per heavy atom. The van der Waals surface area contributed by atoms with E-state index in [0.29, 0.717) is 117 Å². The van der Waals surface area contributed by atoms with E-state index in [-0.39, 0.29) is 83.9 Å². The molecule has 3 atom stereocenters. The van der Waals surface area contributed by atoms with Gasteiger partial charge >= 0.3 is 12.1 Å². The van der Waals surface area contributed by atoms with Gasteiger partial charge < -0.3 is 43.9 Å². The van der Waals surface area contributed by atoms with Gasteiger partial charge in [0.2, 0.25) is 5.91 Å². The molecule has 2 aromatic carbocycles. The maximum absolute atomic E-state index is 14.1. The molecular formula is C58H66ClN11O9. The number of nitrogens with one attached hydrogen (secondary N) is 1. The molecule has 21 heteroatoms. The summed E-state index contributed by atoms with van der Waals surface area (Å²) in [7, 11) is 2.05. The fourth-order valence-corrected chi connectivity index (χ4v) is 12.5. The number of aliphatic hydroxyl groups is 1. The van der Waals surface area contributed by atoms with E-state index < -0.39 is 17.7 Å². The minimum Gasteiger partial charge on any atom is -0.490 e. The molecule has 79 heavy (non-hydrogen) atoms. The lowest BCUT2D eigenvalue weighted by Crippen LogP contribution is -2.57. The molecule has 5 aliphatic heterocycles. The Labute approximate surface area is 463 Å². The van der Waals surface area contributed by atoms with Crippen LogP contribution in [0, 0.1) is 24.2 Å². The van der Waals surface area contributed by atoms with E-state index >= 15 is 0 Å². The minimum absolute atomic E-state index is 0.0207. The predicted octanol–water partition coefficient (Wildman–Crippen LogP) is 5.91. The van der Waals surface area contributed by atoms with Crippen LogP contribution < -0.4 is 25.2 Å². The van der Waals surface area contributed by atoms with Crippen molar-refractivity contribution < 1.29 is 38.5 Å². The van der Waals surface area contributed by atoms with Gasteiger partial charge in [0, 0.05) is 111 Å². The smallest absolute Gasteiger partial charge is 0.415 e. The van der Waals surface area contributed by atoms with Crippen LogP contribution in [-0.2, 0) is 39.6 Å². The number of benzene rings is 2. The number of hydrogen-bond donors (Lipinski definition) is 2. The molecule has 6 aliphatic rings. The van der Waals surface area contributed by atoms with Gasteiger partial charge in [-0.05, 0) is 121 Å². The van der Waals surface area contributed by atoms with E-state index in [1.54, 1.807) is 46.7 Å². The van der Waals surface area contributed by atoms with E-state index in [1.807, 2.05) is 36.9 Å². The number of esters is 1. The number of piperazine rings is 2. The zero-order chi connectivity index (χ0) is 55.4. The number of nitriles is 1. The normalized spacial score (nSPS) is 23.6. The van der Waals surface area contributed by atoms with Gasteiger partial charge in [0.25, 0.3) is 11.5 Å². The number of carbonyl (C=O) groups excluding carboxylic acids is 4. The monoisotopic (exact) mass is 1100 g/mol. The van der Waals surface area contributed by atoms with Crippen molar-refractivity contribution in [1.82, 2.24) is 44.7 Å². The number of fused-ring (bicyclic) bond motifs is 5. The summed E-state index contributed by atoms with van der Waals surface area (Å²) in [6.45, 7) is 12.8. The van der Waals surface area contributed by atoms with E-state index in [2.05, 4.69) is 50.3 Å². The summed E-state index contributed by atoms with van der Waals surface area (Å²) in [4.78, 5) is 83.6. The third-order valence-electron chi connectivity index (χ3n) is 17.4. The number of hydrogen-bond acceptors (Lipinski definition) is 16. The van der Waals surface area contributed by atoms with Gasteiger partial charge in [-0.15, -0.1) is 10.2 Å². The second kappa shape index (κ2) is 21.8. The van der Waals surface area contributed by atoms with Gasteiger partial charge in [0.05, 0.1) is 45.7 Å². The van der Waals surface area contributed by atoms with Crippen LogP contribution in [0.1, 0.15) is 110 Å². The molecule has 2 N–H and O–H groups in total. The molecular weight excluding hydrogens is 1030 g/mol. The molecule has 3 aromatic heterocycles. The highest BCUT2D eigenvalue weighted by Gasteiger charge is 2.46. The SMILES string of the molecule is CC[C@@]1(O)C(=O)OCc2c1cc1n(c2=O)Cc2cc3c(CN4CCN(C(=O)C5CCN(c6ccc(C(=O)NC7CCC(Oc8ccc(C#N)c(Cl)c8C)CC7)nn6)CC5)CC4)c(OC(=O)N4C[C@H](C)N(C)C[C@H]4C)ccc3nc2-1. The Hall–Kier alpha value is -7.18. The highest BCUT2D eigenvalue weighted by Crippen LogP contribution is 2.41. The molecule has 0 radical (unpaired) electrons. The highest BCUT2D eigenvalue weighted by atomic mass is 35.5. The number of halogens is 1. The molecule has 1 saturated carbocycles. The lowest BCUT2D eigenvalue weighted by atomic mass is 9.86. The van der Waals surface area contributed by atoms with Crippen molar-refractivity contribution >= 4 is 52.2 Å². The molecule has 3 amide bonds. The van der Waals surface area contributed by atoms with Gasteiger partial charge in [-0.1, -0.05) is 18.5 Å². The molecule has 5 aromatic rings. The maximum Gasteiger partial charge on any atom is 0.415 e. The fourth-order valence-electron chi connectivity index (χ4n) is 12.3. The summed E-state index contributed by atoms with van der Waals surface area (Å²) < 4.78 is 19.5. The van der Waals surface area contributed by atoms with Crippen molar-refractivity contribution in [3.63, 3.8) is 0 Å². The molecule has 20 nitrogen and oxygen atoms in total. The number of piperidine rings is 1. The van der Waals surface area contributed by atoms with Gasteiger partial charge in [-0.2, -0.15) is 5.26 Å². The van der Waals surface area contributed by atoms with E-state index in [0.717, 1.165) is 47.8 Å². The van der Waals surface area contributed by atoms with Gasteiger partial charge in [0.15, 0.2) is 17.1 Å². The Kier molecular flexibility index (Phi) is 14.9. The number of carbonyl (C=O) groups is 4. The summed E-state index contributed by atoms with van der Waals surface area (Å²) in [5, 5.41) is 33.7. The quantitative estimate of drug-likeness (QED) is 0.152. The summed E-state index contributed by atoms with van der Waals surface area (Å²) in [6, 6.07) is 16.5. The van der Waals surface area contributed by atoms with Crippen molar-refractivity contribution in [3.8, 4) is 29.0 Å². The molecule has 4 fully saturated rings.